The van der Waals surface area contributed by atoms with Gasteiger partial charge in [0.1, 0.15) is 10.6 Å². The molecule has 1 fully saturated rings. The number of aromatic amines is 1. The average molecular weight is 372 g/mol. The second-order valence-electron chi connectivity index (χ2n) is 6.75. The smallest absolute Gasteiger partial charge is 0.268 e. The molecule has 140 valence electrons. The molecule has 0 aliphatic carbocycles. The van der Waals surface area contributed by atoms with Crippen molar-refractivity contribution in [3.63, 3.8) is 0 Å². The molecule has 0 radical (unpaired) electrons. The van der Waals surface area contributed by atoms with Crippen LogP contribution in [0.3, 0.4) is 0 Å². The first kappa shape index (κ1) is 19.4. The lowest BCUT2D eigenvalue weighted by molar-refractivity contribution is -0.121. The molecule has 9 nitrogen and oxygen atoms in total. The monoisotopic (exact) mass is 372 g/mol. The SMILES string of the molecule is CC(C)(C)NC(=O)CNC(=O)c1cc(S(=O)(=O)N2CCOCC2)c[nH]1. The molecule has 0 spiro atoms. The molecule has 0 atom stereocenters. The van der Waals surface area contributed by atoms with E-state index in [1.807, 2.05) is 20.8 Å². The maximum atomic E-state index is 12.5. The molecule has 10 heteroatoms. The van der Waals surface area contributed by atoms with Gasteiger partial charge in [0, 0.05) is 24.8 Å². The van der Waals surface area contributed by atoms with Crippen LogP contribution in [0, 0.1) is 0 Å². The molecule has 0 aromatic carbocycles. The van der Waals surface area contributed by atoms with Gasteiger partial charge in [0.2, 0.25) is 15.9 Å². The highest BCUT2D eigenvalue weighted by atomic mass is 32.2. The molecular weight excluding hydrogens is 348 g/mol. The van der Waals surface area contributed by atoms with E-state index in [9.17, 15) is 18.0 Å². The van der Waals surface area contributed by atoms with Gasteiger partial charge >= 0.3 is 0 Å². The molecule has 0 unspecified atom stereocenters. The third-order valence-corrected chi connectivity index (χ3v) is 5.31. The number of aromatic nitrogens is 1. The number of ether oxygens (including phenoxy) is 1. The van der Waals surface area contributed by atoms with Gasteiger partial charge in [-0.3, -0.25) is 9.59 Å². The van der Waals surface area contributed by atoms with Gasteiger partial charge < -0.3 is 20.4 Å². The predicted molar refractivity (Wildman–Crippen MR) is 90.6 cm³/mol. The fourth-order valence-electron chi connectivity index (χ4n) is 2.31. The lowest BCUT2D eigenvalue weighted by Gasteiger charge is -2.25. The molecule has 2 heterocycles. The van der Waals surface area contributed by atoms with Crippen LogP contribution in [0.5, 0.6) is 0 Å². The topological polar surface area (TPSA) is 121 Å². The highest BCUT2D eigenvalue weighted by Gasteiger charge is 2.28. The van der Waals surface area contributed by atoms with Gasteiger partial charge in [-0.05, 0) is 26.8 Å². The normalized spacial score (nSPS) is 16.4. The van der Waals surface area contributed by atoms with Crippen LogP contribution in [0.1, 0.15) is 31.3 Å². The molecule has 0 bridgehead atoms. The van der Waals surface area contributed by atoms with Gasteiger partial charge in [0.15, 0.2) is 0 Å². The van der Waals surface area contributed by atoms with E-state index in [0.29, 0.717) is 13.2 Å². The number of carbonyl (C=O) groups is 2. The van der Waals surface area contributed by atoms with E-state index in [-0.39, 0.29) is 36.1 Å². The fourth-order valence-corrected chi connectivity index (χ4v) is 3.71. The van der Waals surface area contributed by atoms with Crippen LogP contribution in [0.2, 0.25) is 0 Å². The van der Waals surface area contributed by atoms with Crippen molar-refractivity contribution in [2.75, 3.05) is 32.8 Å². The van der Waals surface area contributed by atoms with Crippen molar-refractivity contribution < 1.29 is 22.7 Å². The molecule has 1 aromatic rings. The zero-order valence-corrected chi connectivity index (χ0v) is 15.4. The minimum atomic E-state index is -3.67. The van der Waals surface area contributed by atoms with E-state index in [4.69, 9.17) is 4.74 Å². The summed E-state index contributed by atoms with van der Waals surface area (Å²) in [7, 11) is -3.67. The van der Waals surface area contributed by atoms with E-state index >= 15 is 0 Å². The van der Waals surface area contributed by atoms with E-state index in [2.05, 4.69) is 15.6 Å². The van der Waals surface area contributed by atoms with Gasteiger partial charge in [0.25, 0.3) is 5.91 Å². The largest absolute Gasteiger partial charge is 0.379 e. The summed E-state index contributed by atoms with van der Waals surface area (Å²) in [5, 5.41) is 5.18. The van der Waals surface area contributed by atoms with E-state index in [1.54, 1.807) is 0 Å². The number of carbonyl (C=O) groups excluding carboxylic acids is 2. The Labute approximate surface area is 147 Å². The van der Waals surface area contributed by atoms with Crippen molar-refractivity contribution >= 4 is 21.8 Å². The number of rotatable bonds is 5. The lowest BCUT2D eigenvalue weighted by Crippen LogP contribution is -2.45. The molecule has 2 rings (SSSR count). The Balaban J connectivity index is 1.98. The quantitative estimate of drug-likeness (QED) is 0.654. The Bertz CT molecular complexity index is 729. The maximum absolute atomic E-state index is 12.5. The van der Waals surface area contributed by atoms with Crippen molar-refractivity contribution in [2.24, 2.45) is 0 Å². The predicted octanol–water partition coefficient (Wildman–Crippen LogP) is -0.320. The van der Waals surface area contributed by atoms with Crippen molar-refractivity contribution in [1.29, 1.82) is 0 Å². The number of morpholine rings is 1. The summed E-state index contributed by atoms with van der Waals surface area (Å²) in [6.07, 6.45) is 1.27. The molecule has 1 aliphatic heterocycles. The standard InChI is InChI=1S/C15H24N4O5S/c1-15(2,3)18-13(20)10-17-14(21)12-8-11(9-16-12)25(22,23)19-4-6-24-7-5-19/h8-9,16H,4-7,10H2,1-3H3,(H,17,21)(H,18,20). The molecule has 1 aliphatic rings. The minimum Gasteiger partial charge on any atom is -0.379 e. The van der Waals surface area contributed by atoms with E-state index in [0.717, 1.165) is 0 Å². The summed E-state index contributed by atoms with van der Waals surface area (Å²) in [6, 6.07) is 1.27. The molecule has 0 saturated carbocycles. The summed E-state index contributed by atoms with van der Waals surface area (Å²) >= 11 is 0. The molecule has 1 aromatic heterocycles. The van der Waals surface area contributed by atoms with E-state index in [1.165, 1.54) is 16.6 Å². The molecular formula is C15H24N4O5S. The van der Waals surface area contributed by atoms with Crippen LogP contribution in [-0.2, 0) is 19.6 Å². The van der Waals surface area contributed by atoms with Gasteiger partial charge in [0.05, 0.1) is 19.8 Å². The first-order valence-electron chi connectivity index (χ1n) is 7.95. The average Bonchev–Trinajstić information content (AvgIpc) is 3.02. The summed E-state index contributed by atoms with van der Waals surface area (Å²) in [6.45, 7) is 6.56. The molecule has 2 amide bonds. The number of H-pyrrole nitrogens is 1. The van der Waals surface area contributed by atoms with Crippen LogP contribution in [-0.4, -0.2) is 67.9 Å². The lowest BCUT2D eigenvalue weighted by atomic mass is 10.1. The van der Waals surface area contributed by atoms with Gasteiger partial charge in [-0.1, -0.05) is 0 Å². The summed E-state index contributed by atoms with van der Waals surface area (Å²) in [5.41, 5.74) is -0.316. The van der Waals surface area contributed by atoms with Gasteiger partial charge in [-0.2, -0.15) is 4.31 Å². The van der Waals surface area contributed by atoms with Crippen LogP contribution in [0.4, 0.5) is 0 Å². The zero-order valence-electron chi connectivity index (χ0n) is 14.6. The van der Waals surface area contributed by atoms with E-state index < -0.39 is 21.5 Å². The van der Waals surface area contributed by atoms with Crippen molar-refractivity contribution in [2.45, 2.75) is 31.2 Å². The van der Waals surface area contributed by atoms with Crippen molar-refractivity contribution in [3.8, 4) is 0 Å². The summed E-state index contributed by atoms with van der Waals surface area (Å²) in [5.74, 6) is -0.874. The Morgan fingerprint density at radius 1 is 1.28 bits per heavy atom. The van der Waals surface area contributed by atoms with Crippen LogP contribution in [0.15, 0.2) is 17.2 Å². The van der Waals surface area contributed by atoms with Crippen LogP contribution >= 0.6 is 0 Å². The molecule has 1 saturated heterocycles. The molecule has 3 N–H and O–H groups in total. The number of nitrogens with zero attached hydrogens (tertiary/aromatic N) is 1. The Morgan fingerprint density at radius 3 is 2.52 bits per heavy atom. The number of hydrogen-bond donors (Lipinski definition) is 3. The first-order chi connectivity index (χ1) is 11.6. The third-order valence-electron chi connectivity index (χ3n) is 3.43. The van der Waals surface area contributed by atoms with Crippen molar-refractivity contribution in [1.82, 2.24) is 19.9 Å². The second kappa shape index (κ2) is 7.54. The summed E-state index contributed by atoms with van der Waals surface area (Å²) < 4.78 is 31.5. The highest BCUT2D eigenvalue weighted by Crippen LogP contribution is 2.18. The zero-order chi connectivity index (χ0) is 18.7. The summed E-state index contributed by atoms with van der Waals surface area (Å²) in [4.78, 5) is 26.5. The Morgan fingerprint density at radius 2 is 1.92 bits per heavy atom. The number of amides is 2. The van der Waals surface area contributed by atoms with Gasteiger partial charge in [-0.15, -0.1) is 0 Å². The Hall–Kier alpha value is -1.91. The maximum Gasteiger partial charge on any atom is 0.268 e. The van der Waals surface area contributed by atoms with Crippen LogP contribution in [0.25, 0.3) is 0 Å². The van der Waals surface area contributed by atoms with Gasteiger partial charge in [-0.25, -0.2) is 8.42 Å². The number of sulfonamides is 1. The number of nitrogens with one attached hydrogen (secondary N) is 3. The minimum absolute atomic E-state index is 0.0127. The first-order valence-corrected chi connectivity index (χ1v) is 9.39. The number of hydrogen-bond acceptors (Lipinski definition) is 5. The molecule has 25 heavy (non-hydrogen) atoms. The fraction of sp³-hybridized carbons (Fsp3) is 0.600. The highest BCUT2D eigenvalue weighted by molar-refractivity contribution is 7.89. The van der Waals surface area contributed by atoms with Crippen LogP contribution < -0.4 is 10.6 Å². The Kier molecular flexibility index (Phi) is 5.86. The second-order valence-corrected chi connectivity index (χ2v) is 8.68. The van der Waals surface area contributed by atoms with Crippen molar-refractivity contribution in [3.05, 3.63) is 18.0 Å². The third kappa shape index (κ3) is 5.28.